The molecule has 5 nitrogen and oxygen atoms in total. The molecule has 0 saturated carbocycles. The first-order valence-corrected chi connectivity index (χ1v) is 6.36. The van der Waals surface area contributed by atoms with E-state index in [4.69, 9.17) is 0 Å². The molecule has 1 aliphatic rings. The Bertz CT molecular complexity index is 442. The molecule has 0 aliphatic carbocycles. The van der Waals surface area contributed by atoms with Gasteiger partial charge in [0.15, 0.2) is 5.17 Å². The van der Waals surface area contributed by atoms with Crippen LogP contribution in [0.5, 0.6) is 0 Å². The second kappa shape index (κ2) is 4.67. The molecule has 1 aromatic rings. The van der Waals surface area contributed by atoms with Crippen molar-refractivity contribution in [2.24, 2.45) is 5.10 Å². The number of hydrogen-bond donors (Lipinski definition) is 1. The van der Waals surface area contributed by atoms with Crippen molar-refractivity contribution in [2.75, 3.05) is 12.8 Å². The number of carbonyl (C=O) groups is 2. The maximum atomic E-state index is 11.5. The van der Waals surface area contributed by atoms with E-state index >= 15 is 0 Å². The minimum atomic E-state index is -0.254. The summed E-state index contributed by atoms with van der Waals surface area (Å²) in [6, 6.07) is 3.52. The minimum Gasteiger partial charge on any atom is -0.292 e. The molecule has 0 aromatic carbocycles. The number of hydrogen-bond acceptors (Lipinski definition) is 5. The van der Waals surface area contributed by atoms with Crippen LogP contribution in [-0.2, 0) is 4.79 Å². The normalized spacial score (nSPS) is 18.2. The Labute approximate surface area is 101 Å². The molecule has 16 heavy (non-hydrogen) atoms. The fraction of sp³-hybridized carbons (Fsp3) is 0.222. The lowest BCUT2D eigenvalue weighted by Gasteiger charge is -2.07. The Hall–Kier alpha value is -1.34. The van der Waals surface area contributed by atoms with Gasteiger partial charge < -0.3 is 0 Å². The van der Waals surface area contributed by atoms with Crippen LogP contribution in [0.1, 0.15) is 9.67 Å². The van der Waals surface area contributed by atoms with Crippen molar-refractivity contribution in [1.82, 2.24) is 10.3 Å². The van der Waals surface area contributed by atoms with Crippen molar-refractivity contribution in [3.8, 4) is 0 Å². The summed E-state index contributed by atoms with van der Waals surface area (Å²) in [6.07, 6.45) is 0. The van der Waals surface area contributed by atoms with Crippen molar-refractivity contribution in [1.29, 1.82) is 0 Å². The lowest BCUT2D eigenvalue weighted by molar-refractivity contribution is -0.123. The Morgan fingerprint density at radius 2 is 2.44 bits per heavy atom. The van der Waals surface area contributed by atoms with E-state index in [1.54, 1.807) is 19.2 Å². The Kier molecular flexibility index (Phi) is 3.25. The molecular formula is C9H9N3O2S2. The first-order valence-electron chi connectivity index (χ1n) is 4.49. The average molecular weight is 255 g/mol. The number of thioether (sulfide) groups is 1. The van der Waals surface area contributed by atoms with E-state index in [1.807, 2.05) is 5.38 Å². The zero-order valence-corrected chi connectivity index (χ0v) is 10.1. The third-order valence-corrected chi connectivity index (χ3v) is 3.87. The molecule has 84 valence electrons. The van der Waals surface area contributed by atoms with Crippen LogP contribution in [0.25, 0.3) is 0 Å². The quantitative estimate of drug-likeness (QED) is 0.800. The van der Waals surface area contributed by atoms with Gasteiger partial charge in [-0.05, 0) is 11.4 Å². The van der Waals surface area contributed by atoms with Gasteiger partial charge in [0, 0.05) is 7.05 Å². The molecule has 0 spiro atoms. The van der Waals surface area contributed by atoms with Gasteiger partial charge in [0.05, 0.1) is 10.6 Å². The standard InChI is InChI=1S/C9H9N3O2S2/c1-12-7(13)5-16-9(12)11-10-8(14)6-3-2-4-15-6/h2-4H,5H2,1H3,(H,10,14). The molecule has 1 N–H and O–H groups in total. The summed E-state index contributed by atoms with van der Waals surface area (Å²) >= 11 is 2.66. The largest absolute Gasteiger partial charge is 0.292 e. The van der Waals surface area contributed by atoms with E-state index in [9.17, 15) is 9.59 Å². The third kappa shape index (κ3) is 2.25. The second-order valence-corrected chi connectivity index (χ2v) is 4.94. The van der Waals surface area contributed by atoms with Crippen LogP contribution < -0.4 is 5.43 Å². The molecule has 0 unspecified atom stereocenters. The summed E-state index contributed by atoms with van der Waals surface area (Å²) in [5.74, 6) is 0.120. The fourth-order valence-electron chi connectivity index (χ4n) is 1.10. The van der Waals surface area contributed by atoms with Crippen molar-refractivity contribution < 1.29 is 9.59 Å². The maximum Gasteiger partial charge on any atom is 0.281 e. The SMILES string of the molecule is CN1C(=O)CSC1=NNC(=O)c1cccs1. The summed E-state index contributed by atoms with van der Waals surface area (Å²) in [6.45, 7) is 0. The Morgan fingerprint density at radius 1 is 1.62 bits per heavy atom. The topological polar surface area (TPSA) is 61.8 Å². The number of nitrogens with zero attached hydrogens (tertiary/aromatic N) is 2. The number of hydrazone groups is 1. The number of rotatable bonds is 2. The van der Waals surface area contributed by atoms with Crippen molar-refractivity contribution in [2.45, 2.75) is 0 Å². The van der Waals surface area contributed by atoms with Gasteiger partial charge in [0.2, 0.25) is 5.91 Å². The second-order valence-electron chi connectivity index (χ2n) is 3.05. The molecule has 1 saturated heterocycles. The molecular weight excluding hydrogens is 246 g/mol. The first kappa shape index (κ1) is 11.2. The highest BCUT2D eigenvalue weighted by Gasteiger charge is 2.24. The molecule has 1 aromatic heterocycles. The molecule has 0 bridgehead atoms. The number of carbonyl (C=O) groups excluding carboxylic acids is 2. The number of thiophene rings is 1. The minimum absolute atomic E-state index is 0.00544. The smallest absolute Gasteiger partial charge is 0.281 e. The van der Waals surface area contributed by atoms with Crippen LogP contribution in [-0.4, -0.2) is 34.7 Å². The number of amidine groups is 1. The lowest BCUT2D eigenvalue weighted by Crippen LogP contribution is -2.27. The third-order valence-electron chi connectivity index (χ3n) is 1.98. The van der Waals surface area contributed by atoms with Crippen molar-refractivity contribution >= 4 is 40.1 Å². The highest BCUT2D eigenvalue weighted by atomic mass is 32.2. The Morgan fingerprint density at radius 3 is 3.00 bits per heavy atom. The van der Waals surface area contributed by atoms with Crippen molar-refractivity contribution in [3.05, 3.63) is 22.4 Å². The monoisotopic (exact) mass is 255 g/mol. The highest BCUT2D eigenvalue weighted by molar-refractivity contribution is 8.15. The van der Waals surface area contributed by atoms with Crippen LogP contribution >= 0.6 is 23.1 Å². The zero-order chi connectivity index (χ0) is 11.5. The van der Waals surface area contributed by atoms with Crippen LogP contribution in [0, 0.1) is 0 Å². The lowest BCUT2D eigenvalue weighted by atomic mass is 10.5. The molecule has 1 fully saturated rings. The van der Waals surface area contributed by atoms with Crippen LogP contribution in [0.4, 0.5) is 0 Å². The van der Waals surface area contributed by atoms with Gasteiger partial charge in [0.25, 0.3) is 5.91 Å². The maximum absolute atomic E-state index is 11.5. The van der Waals surface area contributed by atoms with Gasteiger partial charge in [-0.3, -0.25) is 14.5 Å². The first-order chi connectivity index (χ1) is 7.68. The fourth-order valence-corrected chi connectivity index (χ4v) is 2.56. The van der Waals surface area contributed by atoms with Crippen LogP contribution in [0.15, 0.2) is 22.6 Å². The molecule has 7 heteroatoms. The average Bonchev–Trinajstić information content (AvgIpc) is 2.89. The molecule has 0 atom stereocenters. The summed E-state index contributed by atoms with van der Waals surface area (Å²) in [7, 11) is 1.64. The van der Waals surface area contributed by atoms with Gasteiger partial charge >= 0.3 is 0 Å². The van der Waals surface area contributed by atoms with E-state index in [0.29, 0.717) is 15.8 Å². The van der Waals surface area contributed by atoms with Gasteiger partial charge in [-0.15, -0.1) is 16.4 Å². The predicted molar refractivity (Wildman–Crippen MR) is 64.4 cm³/mol. The van der Waals surface area contributed by atoms with Gasteiger partial charge in [-0.2, -0.15) is 0 Å². The Balaban J connectivity index is 1.99. The van der Waals surface area contributed by atoms with E-state index < -0.39 is 0 Å². The van der Waals surface area contributed by atoms with E-state index in [2.05, 4.69) is 10.5 Å². The molecule has 2 rings (SSSR count). The van der Waals surface area contributed by atoms with Crippen LogP contribution in [0.3, 0.4) is 0 Å². The van der Waals surface area contributed by atoms with Gasteiger partial charge in [0.1, 0.15) is 0 Å². The molecule has 0 radical (unpaired) electrons. The summed E-state index contributed by atoms with van der Waals surface area (Å²) in [4.78, 5) is 24.7. The summed E-state index contributed by atoms with van der Waals surface area (Å²) < 4.78 is 0. The van der Waals surface area contributed by atoms with Gasteiger partial charge in [-0.25, -0.2) is 5.43 Å². The van der Waals surface area contributed by atoms with Gasteiger partial charge in [-0.1, -0.05) is 17.8 Å². The molecule has 2 heterocycles. The van der Waals surface area contributed by atoms with E-state index in [0.717, 1.165) is 0 Å². The molecule has 1 aliphatic heterocycles. The number of nitrogens with one attached hydrogen (secondary N) is 1. The van der Waals surface area contributed by atoms with Crippen LogP contribution in [0.2, 0.25) is 0 Å². The van der Waals surface area contributed by atoms with Crippen molar-refractivity contribution in [3.63, 3.8) is 0 Å². The summed E-state index contributed by atoms with van der Waals surface area (Å²) in [5, 5.41) is 6.25. The zero-order valence-electron chi connectivity index (χ0n) is 8.47. The summed E-state index contributed by atoms with van der Waals surface area (Å²) in [5.41, 5.74) is 2.42. The van der Waals surface area contributed by atoms with E-state index in [1.165, 1.54) is 28.0 Å². The highest BCUT2D eigenvalue weighted by Crippen LogP contribution is 2.16. The number of amides is 2. The molecule has 2 amide bonds. The van der Waals surface area contributed by atoms with E-state index in [-0.39, 0.29) is 11.8 Å². The predicted octanol–water partition coefficient (Wildman–Crippen LogP) is 0.954.